The lowest BCUT2D eigenvalue weighted by Crippen LogP contribution is -2.44. The molecule has 0 radical (unpaired) electrons. The van der Waals surface area contributed by atoms with E-state index in [9.17, 15) is 14.4 Å². The lowest BCUT2D eigenvalue weighted by molar-refractivity contribution is 0.00564. The van der Waals surface area contributed by atoms with Crippen LogP contribution in [0, 0.1) is 0 Å². The van der Waals surface area contributed by atoms with E-state index >= 15 is 0 Å². The molecule has 11 nitrogen and oxygen atoms in total. The van der Waals surface area contributed by atoms with Gasteiger partial charge >= 0.3 is 18.2 Å². The van der Waals surface area contributed by atoms with Crippen LogP contribution in [-0.2, 0) is 14.2 Å². The normalized spacial score (nSPS) is 12.4. The van der Waals surface area contributed by atoms with Gasteiger partial charge in [-0.25, -0.2) is 19.4 Å². The molecule has 2 rings (SSSR count). The number of esters is 1. The van der Waals surface area contributed by atoms with Crippen molar-refractivity contribution < 1.29 is 28.6 Å². The van der Waals surface area contributed by atoms with Crippen molar-refractivity contribution in [3.05, 3.63) is 11.0 Å². The smallest absolute Gasteiger partial charge is 0.427 e. The molecule has 0 unspecified atom stereocenters. The van der Waals surface area contributed by atoms with Crippen molar-refractivity contribution in [2.24, 2.45) is 0 Å². The molecule has 0 bridgehead atoms. The number of carbonyl (C=O) groups is 3. The first-order valence-corrected chi connectivity index (χ1v) is 10.2. The van der Waals surface area contributed by atoms with E-state index in [-0.39, 0.29) is 22.1 Å². The zero-order chi connectivity index (χ0) is 24.6. The summed E-state index contributed by atoms with van der Waals surface area (Å²) in [4.78, 5) is 53.3. The number of rotatable bonds is 2. The van der Waals surface area contributed by atoms with E-state index in [4.69, 9.17) is 25.8 Å². The van der Waals surface area contributed by atoms with Crippen LogP contribution < -0.4 is 4.90 Å². The van der Waals surface area contributed by atoms with Gasteiger partial charge in [0.1, 0.15) is 22.3 Å². The third-order valence-corrected chi connectivity index (χ3v) is 3.51. The zero-order valence-corrected chi connectivity index (χ0v) is 20.4. The van der Waals surface area contributed by atoms with Crippen molar-refractivity contribution >= 4 is 46.9 Å². The van der Waals surface area contributed by atoms with Crippen LogP contribution in [-0.4, -0.2) is 54.9 Å². The number of halogens is 1. The molecule has 2 aromatic heterocycles. The van der Waals surface area contributed by atoms with E-state index in [1.165, 1.54) is 0 Å². The molecule has 0 spiro atoms. The summed E-state index contributed by atoms with van der Waals surface area (Å²) in [6, 6.07) is 0. The van der Waals surface area contributed by atoms with Gasteiger partial charge in [0.25, 0.3) is 0 Å². The molecule has 0 fully saturated rings. The maximum Gasteiger partial charge on any atom is 0.427 e. The maximum absolute atomic E-state index is 12.8. The van der Waals surface area contributed by atoms with Crippen LogP contribution >= 0.6 is 11.6 Å². The highest BCUT2D eigenvalue weighted by Crippen LogP contribution is 2.25. The molecule has 0 aliphatic heterocycles. The van der Waals surface area contributed by atoms with Crippen LogP contribution in [0.5, 0.6) is 0 Å². The minimum absolute atomic E-state index is 0.0574. The Kier molecular flexibility index (Phi) is 6.75. The molecule has 1 N–H and O–H groups in total. The summed E-state index contributed by atoms with van der Waals surface area (Å²) in [6.45, 7) is 14.9. The molecule has 176 valence electrons. The Morgan fingerprint density at radius 2 is 1.25 bits per heavy atom. The maximum atomic E-state index is 12.8. The highest BCUT2D eigenvalue weighted by Gasteiger charge is 2.35. The molecule has 0 saturated heterocycles. The fourth-order valence-corrected chi connectivity index (χ4v) is 2.44. The predicted molar refractivity (Wildman–Crippen MR) is 117 cm³/mol. The molecular formula is C20H28ClN5O6. The summed E-state index contributed by atoms with van der Waals surface area (Å²) in [5.41, 5.74) is -2.51. The molecule has 2 amide bonds. The largest absolute Gasteiger partial charge is 0.454 e. The Morgan fingerprint density at radius 1 is 0.781 bits per heavy atom. The van der Waals surface area contributed by atoms with Gasteiger partial charge in [0.2, 0.25) is 11.8 Å². The molecule has 0 aliphatic rings. The van der Waals surface area contributed by atoms with Crippen LogP contribution in [0.15, 0.2) is 0 Å². The molecule has 12 heteroatoms. The van der Waals surface area contributed by atoms with E-state index in [0.717, 1.165) is 0 Å². The summed E-state index contributed by atoms with van der Waals surface area (Å²) in [7, 11) is 0. The van der Waals surface area contributed by atoms with Crippen LogP contribution in [0.2, 0.25) is 5.15 Å². The van der Waals surface area contributed by atoms with Gasteiger partial charge in [-0.2, -0.15) is 9.97 Å². The van der Waals surface area contributed by atoms with Crippen molar-refractivity contribution in [2.75, 3.05) is 4.90 Å². The number of anilines is 1. The lowest BCUT2D eigenvalue weighted by atomic mass is 10.2. The van der Waals surface area contributed by atoms with Crippen molar-refractivity contribution in [1.29, 1.82) is 0 Å². The van der Waals surface area contributed by atoms with Gasteiger partial charge in [0, 0.05) is 0 Å². The predicted octanol–water partition coefficient (Wildman–Crippen LogP) is 4.64. The minimum atomic E-state index is -1.06. The van der Waals surface area contributed by atoms with Gasteiger partial charge < -0.3 is 19.2 Å². The Morgan fingerprint density at radius 3 is 1.69 bits per heavy atom. The summed E-state index contributed by atoms with van der Waals surface area (Å²) in [6.07, 6.45) is -2.13. The van der Waals surface area contributed by atoms with Crippen molar-refractivity contribution in [1.82, 2.24) is 19.9 Å². The van der Waals surface area contributed by atoms with Crippen molar-refractivity contribution in [3.8, 4) is 0 Å². The number of hydrogen-bond acceptors (Lipinski definition) is 9. The fourth-order valence-electron chi connectivity index (χ4n) is 2.23. The van der Waals surface area contributed by atoms with Crippen LogP contribution in [0.4, 0.5) is 15.5 Å². The number of carbonyl (C=O) groups excluding carboxylic acids is 3. The summed E-state index contributed by atoms with van der Waals surface area (Å²) in [5.74, 6) is -1.32. The van der Waals surface area contributed by atoms with Gasteiger partial charge in [-0.1, -0.05) is 11.6 Å². The first-order chi connectivity index (χ1) is 14.4. The van der Waals surface area contributed by atoms with Crippen molar-refractivity contribution in [2.45, 2.75) is 79.1 Å². The molecule has 0 atom stereocenters. The standard InChI is InChI=1S/C20H28ClN5O6/c1-18(2,3)30-14(27)13-22-10-11(21)23-15(25-12(10)24-13)26(16(28)31-19(4,5)6)17(29)32-20(7,8)9/h1-9H3,(H,22,23,24,25). The van der Waals surface area contributed by atoms with Crippen molar-refractivity contribution in [3.63, 3.8) is 0 Å². The average Bonchev–Trinajstić information content (AvgIpc) is 2.94. The van der Waals surface area contributed by atoms with Gasteiger partial charge in [0.15, 0.2) is 10.8 Å². The van der Waals surface area contributed by atoms with Gasteiger partial charge in [-0.3, -0.25) is 0 Å². The van der Waals surface area contributed by atoms with E-state index in [0.29, 0.717) is 4.90 Å². The Bertz CT molecular complexity index is 1020. The SMILES string of the molecule is CC(C)(C)OC(=O)c1nc2nc(N(C(=O)OC(C)(C)C)C(=O)OC(C)(C)C)nc(Cl)c2[nH]1. The number of aromatic nitrogens is 4. The van der Waals surface area contributed by atoms with E-state index in [2.05, 4.69) is 19.9 Å². The summed E-state index contributed by atoms with van der Waals surface area (Å²) >= 11 is 6.23. The Balaban J connectivity index is 2.54. The number of aromatic amines is 1. The number of ether oxygens (including phenoxy) is 3. The molecule has 32 heavy (non-hydrogen) atoms. The molecule has 0 aromatic carbocycles. The van der Waals surface area contributed by atoms with Gasteiger partial charge in [-0.05, 0) is 62.3 Å². The average molecular weight is 470 g/mol. The number of nitrogens with zero attached hydrogens (tertiary/aromatic N) is 4. The molecule has 0 aliphatic carbocycles. The quantitative estimate of drug-likeness (QED) is 0.378. The minimum Gasteiger partial charge on any atom is -0.454 e. The molecule has 2 heterocycles. The zero-order valence-electron chi connectivity index (χ0n) is 19.6. The summed E-state index contributed by atoms with van der Waals surface area (Å²) < 4.78 is 15.9. The third kappa shape index (κ3) is 6.78. The number of imide groups is 1. The summed E-state index contributed by atoms with van der Waals surface area (Å²) in [5, 5.41) is -0.176. The topological polar surface area (TPSA) is 137 Å². The molecular weight excluding hydrogens is 442 g/mol. The number of amides is 2. The first-order valence-electron chi connectivity index (χ1n) is 9.79. The molecule has 2 aromatic rings. The fraction of sp³-hybridized carbons (Fsp3) is 0.600. The highest BCUT2D eigenvalue weighted by molar-refractivity contribution is 6.33. The van der Waals surface area contributed by atoms with Crippen LogP contribution in [0.1, 0.15) is 72.9 Å². The third-order valence-electron chi connectivity index (χ3n) is 3.24. The number of fused-ring (bicyclic) bond motifs is 1. The number of hydrogen-bond donors (Lipinski definition) is 1. The second-order valence-electron chi connectivity index (χ2n) is 9.90. The van der Waals surface area contributed by atoms with E-state index < -0.39 is 40.9 Å². The van der Waals surface area contributed by atoms with E-state index in [1.807, 2.05) is 0 Å². The van der Waals surface area contributed by atoms with Crippen LogP contribution in [0.3, 0.4) is 0 Å². The monoisotopic (exact) mass is 469 g/mol. The lowest BCUT2D eigenvalue weighted by Gasteiger charge is -2.27. The Hall–Kier alpha value is -2.95. The van der Waals surface area contributed by atoms with Gasteiger partial charge in [0.05, 0.1) is 0 Å². The van der Waals surface area contributed by atoms with Crippen LogP contribution in [0.25, 0.3) is 11.2 Å². The second kappa shape index (κ2) is 8.53. The second-order valence-corrected chi connectivity index (χ2v) is 10.3. The van der Waals surface area contributed by atoms with E-state index in [1.54, 1.807) is 62.3 Å². The molecule has 0 saturated carbocycles. The highest BCUT2D eigenvalue weighted by atomic mass is 35.5. The van der Waals surface area contributed by atoms with Gasteiger partial charge in [-0.15, -0.1) is 4.90 Å². The Labute approximate surface area is 190 Å². The number of nitrogens with one attached hydrogen (secondary N) is 1. The number of imidazole rings is 1. The number of H-pyrrole nitrogens is 1. The first kappa shape index (κ1) is 25.3.